The summed E-state index contributed by atoms with van der Waals surface area (Å²) < 4.78 is 78.5. The number of alkyl halides is 3. The monoisotopic (exact) mass is 676 g/mol. The molecule has 5 aromatic rings. The second-order valence-electron chi connectivity index (χ2n) is 12.5. The van der Waals surface area contributed by atoms with Gasteiger partial charge < -0.3 is 23.3 Å². The number of hydrogen-bond acceptors (Lipinski definition) is 11. The van der Waals surface area contributed by atoms with E-state index >= 15 is 0 Å². The van der Waals surface area contributed by atoms with Crippen molar-refractivity contribution in [2.45, 2.75) is 63.3 Å². The van der Waals surface area contributed by atoms with Gasteiger partial charge in [-0.15, -0.1) is 10.2 Å². The molecule has 0 radical (unpaired) electrons. The highest BCUT2D eigenvalue weighted by Gasteiger charge is 2.43. The van der Waals surface area contributed by atoms with Crippen LogP contribution in [-0.4, -0.2) is 60.6 Å². The van der Waals surface area contributed by atoms with E-state index in [2.05, 4.69) is 29.8 Å². The zero-order chi connectivity index (χ0) is 33.9. The van der Waals surface area contributed by atoms with Gasteiger partial charge in [-0.05, 0) is 68.6 Å². The Morgan fingerprint density at radius 3 is 2.55 bits per heavy atom. The van der Waals surface area contributed by atoms with Gasteiger partial charge in [0, 0.05) is 19.1 Å². The van der Waals surface area contributed by atoms with E-state index in [-0.39, 0.29) is 34.7 Å². The van der Waals surface area contributed by atoms with Crippen LogP contribution in [-0.2, 0) is 29.8 Å². The summed E-state index contributed by atoms with van der Waals surface area (Å²) in [7, 11) is 0. The molecule has 0 saturated carbocycles. The molecule has 3 aliphatic heterocycles. The fraction of sp³-hybridized carbons (Fsp3) is 0.394. The lowest BCUT2D eigenvalue weighted by molar-refractivity contribution is -0.159. The van der Waals surface area contributed by atoms with E-state index in [1.807, 2.05) is 22.8 Å². The summed E-state index contributed by atoms with van der Waals surface area (Å²) in [5.41, 5.74) is 2.36. The molecule has 0 N–H and O–H groups in total. The molecule has 3 aromatic heterocycles. The van der Waals surface area contributed by atoms with E-state index in [4.69, 9.17) is 24.5 Å². The molecule has 0 aliphatic carbocycles. The molecule has 8 rings (SSSR count). The fourth-order valence-corrected chi connectivity index (χ4v) is 6.60. The van der Waals surface area contributed by atoms with Gasteiger partial charge in [-0.1, -0.05) is 17.3 Å². The minimum Gasteiger partial charge on any atom is -0.444 e. The van der Waals surface area contributed by atoms with Crippen molar-refractivity contribution in [3.05, 3.63) is 76.7 Å². The highest BCUT2D eigenvalue weighted by atomic mass is 19.4. The van der Waals surface area contributed by atoms with E-state index < -0.39 is 23.7 Å². The zero-order valence-electron chi connectivity index (χ0n) is 26.1. The minimum atomic E-state index is -4.78. The van der Waals surface area contributed by atoms with Gasteiger partial charge in [-0.25, -0.2) is 9.37 Å². The largest absolute Gasteiger partial charge is 0.471 e. The predicted molar refractivity (Wildman–Crippen MR) is 161 cm³/mol. The second kappa shape index (κ2) is 11.8. The number of para-hydroxylation sites is 1. The Balaban J connectivity index is 0.996. The Kier molecular flexibility index (Phi) is 7.49. The van der Waals surface area contributed by atoms with Crippen LogP contribution >= 0.6 is 0 Å². The van der Waals surface area contributed by atoms with Gasteiger partial charge >= 0.3 is 12.1 Å². The zero-order valence-corrected chi connectivity index (χ0v) is 26.1. The van der Waals surface area contributed by atoms with Crippen LogP contribution in [0.2, 0.25) is 0 Å². The lowest BCUT2D eigenvalue weighted by Crippen LogP contribution is -2.35. The first-order valence-electron chi connectivity index (χ1n) is 15.8. The molecule has 2 fully saturated rings. The number of hydrogen-bond donors (Lipinski definition) is 0. The van der Waals surface area contributed by atoms with E-state index in [1.54, 1.807) is 13.0 Å². The number of benzene rings is 2. The van der Waals surface area contributed by atoms with Crippen LogP contribution in [0.4, 0.5) is 17.6 Å². The van der Waals surface area contributed by atoms with Crippen LogP contribution in [0.15, 0.2) is 47.0 Å². The van der Waals surface area contributed by atoms with Crippen LogP contribution < -0.4 is 9.47 Å². The van der Waals surface area contributed by atoms with Crippen LogP contribution in [0.25, 0.3) is 22.7 Å². The average Bonchev–Trinajstić information content (AvgIpc) is 3.78. The van der Waals surface area contributed by atoms with Crippen LogP contribution in [0.1, 0.15) is 60.5 Å². The van der Waals surface area contributed by atoms with Gasteiger partial charge in [0.1, 0.15) is 22.9 Å². The summed E-state index contributed by atoms with van der Waals surface area (Å²) in [6, 6.07) is 13.4. The Morgan fingerprint density at radius 2 is 1.86 bits per heavy atom. The molecule has 2 atom stereocenters. The van der Waals surface area contributed by atoms with Gasteiger partial charge in [0.25, 0.3) is 5.79 Å². The number of rotatable bonds is 7. The Labute approximate surface area is 276 Å². The maximum atomic E-state index is 15.0. The summed E-state index contributed by atoms with van der Waals surface area (Å²) in [6.45, 7) is 4.87. The molecule has 2 unspecified atom stereocenters. The molecule has 0 spiro atoms. The maximum Gasteiger partial charge on any atom is 0.471 e. The van der Waals surface area contributed by atoms with Gasteiger partial charge in [0.15, 0.2) is 17.1 Å². The number of likely N-dealkylation sites (tertiary alicyclic amines) is 1. The first kappa shape index (κ1) is 31.1. The summed E-state index contributed by atoms with van der Waals surface area (Å²) in [4.78, 5) is 10.5. The van der Waals surface area contributed by atoms with Gasteiger partial charge in [-0.2, -0.15) is 23.4 Å². The first-order chi connectivity index (χ1) is 23.6. The lowest BCUT2D eigenvalue weighted by atomic mass is 9.88. The molecule has 6 heterocycles. The lowest BCUT2D eigenvalue weighted by Gasteiger charge is -2.33. The molecule has 49 heavy (non-hydrogen) atoms. The molecule has 0 bridgehead atoms. The van der Waals surface area contributed by atoms with E-state index in [0.29, 0.717) is 42.4 Å². The predicted octanol–water partition coefficient (Wildman–Crippen LogP) is 5.72. The third kappa shape index (κ3) is 5.72. The Morgan fingerprint density at radius 1 is 1.04 bits per heavy atom. The van der Waals surface area contributed by atoms with E-state index in [1.165, 1.54) is 24.3 Å². The Bertz CT molecular complexity index is 2100. The SMILES string of the molecule is CC1(c2ccc(C#N)cc2F)Oc2cccc(C3CCN(Cc4nc5cc(-c6noc(C(F)(F)F)n6)nnc5n4CC4CCO4)CC3)c2O1. The Hall–Kier alpha value is -5.14. The van der Waals surface area contributed by atoms with Crippen molar-refractivity contribution >= 4 is 11.2 Å². The number of fused-ring (bicyclic) bond motifs is 2. The van der Waals surface area contributed by atoms with E-state index in [9.17, 15) is 17.6 Å². The molecule has 0 amide bonds. The molecule has 16 heteroatoms. The number of ether oxygens (including phenoxy) is 3. The maximum absolute atomic E-state index is 15.0. The van der Waals surface area contributed by atoms with Gasteiger partial charge in [0.2, 0.25) is 5.82 Å². The standard InChI is InChI=1S/C33H28F4N8O4/c1-32(22-6-5-18(15-38)13-23(22)34)47-26-4-2-3-21(28(26)48-32)19-7-10-44(11-8-19)17-27-39-25-14-24(29-40-31(49-43-29)33(35,36)37)41-42-30(25)45(27)16-20-9-12-46-20/h2-6,13-14,19-20H,7-12,16-17H2,1H3. The molecule has 12 nitrogen and oxygen atoms in total. The first-order valence-corrected chi connectivity index (χ1v) is 15.8. The summed E-state index contributed by atoms with van der Waals surface area (Å²) in [5, 5.41) is 20.9. The van der Waals surface area contributed by atoms with Crippen LogP contribution in [0.5, 0.6) is 11.5 Å². The highest BCUT2D eigenvalue weighted by Crippen LogP contribution is 2.49. The molecular weight excluding hydrogens is 648 g/mol. The number of aromatic nitrogens is 6. The van der Waals surface area contributed by atoms with Crippen molar-refractivity contribution in [2.24, 2.45) is 0 Å². The molecule has 2 saturated heterocycles. The number of imidazole rings is 1. The summed E-state index contributed by atoms with van der Waals surface area (Å²) >= 11 is 0. The van der Waals surface area contributed by atoms with Crippen molar-refractivity contribution in [3.8, 4) is 29.1 Å². The van der Waals surface area contributed by atoms with Crippen molar-refractivity contribution in [2.75, 3.05) is 19.7 Å². The van der Waals surface area contributed by atoms with E-state index in [0.717, 1.165) is 43.7 Å². The molecular formula is C33H28F4N8O4. The van der Waals surface area contributed by atoms with Gasteiger partial charge in [0.05, 0.1) is 36.4 Å². The minimum absolute atomic E-state index is 0.000694. The van der Waals surface area contributed by atoms with Crippen molar-refractivity contribution in [3.63, 3.8) is 0 Å². The van der Waals surface area contributed by atoms with Crippen molar-refractivity contribution in [1.29, 1.82) is 5.26 Å². The fourth-order valence-electron chi connectivity index (χ4n) is 6.60. The van der Waals surface area contributed by atoms with Crippen LogP contribution in [0.3, 0.4) is 0 Å². The molecule has 2 aromatic carbocycles. The third-order valence-corrected chi connectivity index (χ3v) is 9.24. The molecule has 252 valence electrons. The topological polar surface area (TPSA) is 137 Å². The normalized spacial score (nSPS) is 21.2. The summed E-state index contributed by atoms with van der Waals surface area (Å²) in [6.07, 6.45) is -2.25. The number of nitrogens with zero attached hydrogens (tertiary/aromatic N) is 8. The quantitative estimate of drug-likeness (QED) is 0.196. The van der Waals surface area contributed by atoms with Crippen molar-refractivity contribution in [1.82, 2.24) is 34.8 Å². The number of halogens is 4. The van der Waals surface area contributed by atoms with Gasteiger partial charge in [-0.3, -0.25) is 4.90 Å². The number of piperidine rings is 1. The smallest absolute Gasteiger partial charge is 0.444 e. The highest BCUT2D eigenvalue weighted by molar-refractivity contribution is 5.75. The number of nitriles is 1. The third-order valence-electron chi connectivity index (χ3n) is 9.24. The molecule has 3 aliphatic rings. The summed E-state index contributed by atoms with van der Waals surface area (Å²) in [5.74, 6) is -1.73. The average molecular weight is 677 g/mol. The second-order valence-corrected chi connectivity index (χ2v) is 12.5. The van der Waals surface area contributed by atoms with Crippen molar-refractivity contribution < 1.29 is 36.3 Å². The van der Waals surface area contributed by atoms with Crippen LogP contribution in [0, 0.1) is 17.1 Å².